The number of amides is 2. The van der Waals surface area contributed by atoms with Crippen molar-refractivity contribution in [3.05, 3.63) is 64.7 Å². The van der Waals surface area contributed by atoms with Crippen molar-refractivity contribution in [2.24, 2.45) is 5.92 Å². The number of rotatable bonds is 4. The average Bonchev–Trinajstić information content (AvgIpc) is 2.85. The van der Waals surface area contributed by atoms with Gasteiger partial charge in [-0.2, -0.15) is 13.2 Å². The molecule has 0 bridgehead atoms. The Balaban J connectivity index is 1.24. The molecule has 0 unspecified atom stereocenters. The molecular weight excluding hydrogens is 467 g/mol. The summed E-state index contributed by atoms with van der Waals surface area (Å²) in [6.45, 7) is 2.18. The quantitative estimate of drug-likeness (QED) is 0.627. The largest absolute Gasteiger partial charge is 0.416 e. The fourth-order valence-electron chi connectivity index (χ4n) is 4.61. The highest BCUT2D eigenvalue weighted by Crippen LogP contribution is 2.30. The molecular formula is C25H27ClF3N3O2. The molecule has 34 heavy (non-hydrogen) atoms. The third-order valence-corrected chi connectivity index (χ3v) is 6.96. The van der Waals surface area contributed by atoms with Crippen LogP contribution in [0.2, 0.25) is 5.02 Å². The number of likely N-dealkylation sites (tertiary alicyclic amines) is 2. The molecule has 4 rings (SSSR count). The molecule has 2 aromatic rings. The van der Waals surface area contributed by atoms with E-state index in [9.17, 15) is 22.8 Å². The number of halogens is 4. The average molecular weight is 494 g/mol. The van der Waals surface area contributed by atoms with Gasteiger partial charge in [0.1, 0.15) is 0 Å². The van der Waals surface area contributed by atoms with Crippen LogP contribution in [-0.2, 0) is 11.0 Å². The third kappa shape index (κ3) is 5.66. The standard InChI is InChI=1S/C25H27ClF3N3O2/c26-21-3-1-2-4-22(21)30-20-11-15-32(16-12-20)24(34)18-9-13-31(14-10-18)23(33)17-5-7-19(8-6-17)25(27,28)29/h1-8,18,20,30H,9-16H2. The van der Waals surface area contributed by atoms with Gasteiger partial charge in [-0.15, -0.1) is 0 Å². The summed E-state index contributed by atoms with van der Waals surface area (Å²) >= 11 is 6.22. The molecule has 2 heterocycles. The second-order valence-electron chi connectivity index (χ2n) is 8.87. The lowest BCUT2D eigenvalue weighted by Crippen LogP contribution is -2.48. The highest BCUT2D eigenvalue weighted by molar-refractivity contribution is 6.33. The van der Waals surface area contributed by atoms with Crippen molar-refractivity contribution in [3.8, 4) is 0 Å². The van der Waals surface area contributed by atoms with Gasteiger partial charge in [-0.1, -0.05) is 23.7 Å². The van der Waals surface area contributed by atoms with E-state index in [2.05, 4.69) is 5.32 Å². The lowest BCUT2D eigenvalue weighted by molar-refractivity contribution is -0.138. The summed E-state index contributed by atoms with van der Waals surface area (Å²) in [7, 11) is 0. The van der Waals surface area contributed by atoms with E-state index in [1.165, 1.54) is 12.1 Å². The van der Waals surface area contributed by atoms with E-state index in [1.54, 1.807) is 4.90 Å². The minimum atomic E-state index is -4.43. The number of carbonyl (C=O) groups excluding carboxylic acids is 2. The summed E-state index contributed by atoms with van der Waals surface area (Å²) in [5.74, 6) is -0.311. The van der Waals surface area contributed by atoms with E-state index in [4.69, 9.17) is 11.6 Å². The van der Waals surface area contributed by atoms with Gasteiger partial charge in [0.25, 0.3) is 5.91 Å². The smallest absolute Gasteiger partial charge is 0.381 e. The fraction of sp³-hybridized carbons (Fsp3) is 0.440. The number of alkyl halides is 3. The maximum Gasteiger partial charge on any atom is 0.416 e. The van der Waals surface area contributed by atoms with Gasteiger partial charge in [0.05, 0.1) is 16.3 Å². The van der Waals surface area contributed by atoms with E-state index in [-0.39, 0.29) is 29.3 Å². The molecule has 0 atom stereocenters. The highest BCUT2D eigenvalue weighted by atomic mass is 35.5. The zero-order valence-corrected chi connectivity index (χ0v) is 19.4. The first-order chi connectivity index (χ1) is 16.2. The summed E-state index contributed by atoms with van der Waals surface area (Å²) in [6, 6.07) is 12.1. The van der Waals surface area contributed by atoms with E-state index in [0.717, 1.165) is 30.7 Å². The Hall–Kier alpha value is -2.74. The minimum Gasteiger partial charge on any atom is -0.381 e. The van der Waals surface area contributed by atoms with Gasteiger partial charge in [-0.3, -0.25) is 9.59 Å². The van der Waals surface area contributed by atoms with Gasteiger partial charge in [-0.25, -0.2) is 0 Å². The number of para-hydroxylation sites is 1. The van der Waals surface area contributed by atoms with Crippen LogP contribution < -0.4 is 5.32 Å². The van der Waals surface area contributed by atoms with Crippen LogP contribution in [0.1, 0.15) is 41.6 Å². The highest BCUT2D eigenvalue weighted by Gasteiger charge is 2.33. The molecule has 2 aliphatic heterocycles. The molecule has 2 fully saturated rings. The van der Waals surface area contributed by atoms with Crippen LogP contribution in [0.25, 0.3) is 0 Å². The molecule has 0 aliphatic carbocycles. The molecule has 5 nitrogen and oxygen atoms in total. The van der Waals surface area contributed by atoms with Crippen molar-refractivity contribution in [1.82, 2.24) is 9.80 Å². The van der Waals surface area contributed by atoms with Crippen LogP contribution in [0.5, 0.6) is 0 Å². The van der Waals surface area contributed by atoms with Crippen molar-refractivity contribution in [2.75, 3.05) is 31.5 Å². The van der Waals surface area contributed by atoms with E-state index < -0.39 is 11.7 Å². The van der Waals surface area contributed by atoms with Crippen molar-refractivity contribution in [3.63, 3.8) is 0 Å². The summed E-state index contributed by atoms with van der Waals surface area (Å²) in [5, 5.41) is 4.14. The second-order valence-corrected chi connectivity index (χ2v) is 9.27. The maximum atomic E-state index is 13.0. The molecule has 9 heteroatoms. The zero-order chi connectivity index (χ0) is 24.3. The molecule has 182 valence electrons. The number of carbonyl (C=O) groups is 2. The van der Waals surface area contributed by atoms with Crippen molar-refractivity contribution < 1.29 is 22.8 Å². The molecule has 1 N–H and O–H groups in total. The Morgan fingerprint density at radius 3 is 2.03 bits per heavy atom. The van der Waals surface area contributed by atoms with Crippen molar-refractivity contribution >= 4 is 29.1 Å². The van der Waals surface area contributed by atoms with Gasteiger partial charge in [0, 0.05) is 43.7 Å². The minimum absolute atomic E-state index is 0.123. The second kappa shape index (κ2) is 10.3. The third-order valence-electron chi connectivity index (χ3n) is 6.63. The van der Waals surface area contributed by atoms with Crippen molar-refractivity contribution in [2.45, 2.75) is 37.9 Å². The first-order valence-corrected chi connectivity index (χ1v) is 11.9. The molecule has 2 aromatic carbocycles. The maximum absolute atomic E-state index is 13.0. The first kappa shape index (κ1) is 24.4. The van der Waals surface area contributed by atoms with Crippen LogP contribution in [0.15, 0.2) is 48.5 Å². The molecule has 0 aromatic heterocycles. The summed E-state index contributed by atoms with van der Waals surface area (Å²) in [5.41, 5.74) is 0.351. The zero-order valence-electron chi connectivity index (χ0n) is 18.7. The Bertz CT molecular complexity index is 1010. The Morgan fingerprint density at radius 1 is 0.853 bits per heavy atom. The Morgan fingerprint density at radius 2 is 1.44 bits per heavy atom. The van der Waals surface area contributed by atoms with E-state index >= 15 is 0 Å². The van der Waals surface area contributed by atoms with Gasteiger partial charge in [0.15, 0.2) is 0 Å². The van der Waals surface area contributed by atoms with Gasteiger partial charge in [0.2, 0.25) is 5.91 Å². The number of hydrogen-bond acceptors (Lipinski definition) is 3. The van der Waals surface area contributed by atoms with Crippen molar-refractivity contribution in [1.29, 1.82) is 0 Å². The van der Waals surface area contributed by atoms with Crippen LogP contribution in [0, 0.1) is 5.92 Å². The number of nitrogens with zero attached hydrogens (tertiary/aromatic N) is 2. The normalized spacial score (nSPS) is 18.1. The monoisotopic (exact) mass is 493 g/mol. The number of nitrogens with one attached hydrogen (secondary N) is 1. The van der Waals surface area contributed by atoms with Gasteiger partial charge >= 0.3 is 6.18 Å². The Labute approximate surface area is 201 Å². The predicted molar refractivity (Wildman–Crippen MR) is 125 cm³/mol. The van der Waals surface area contributed by atoms with Crippen LogP contribution in [0.4, 0.5) is 18.9 Å². The van der Waals surface area contributed by atoms with Crippen LogP contribution in [0.3, 0.4) is 0 Å². The molecule has 2 amide bonds. The van der Waals surface area contributed by atoms with Crippen LogP contribution >= 0.6 is 11.6 Å². The lowest BCUT2D eigenvalue weighted by atomic mass is 9.93. The fourth-order valence-corrected chi connectivity index (χ4v) is 4.80. The van der Waals surface area contributed by atoms with E-state index in [0.29, 0.717) is 44.0 Å². The summed E-state index contributed by atoms with van der Waals surface area (Å²) < 4.78 is 38.2. The molecule has 0 spiro atoms. The lowest BCUT2D eigenvalue weighted by Gasteiger charge is -2.37. The molecule has 0 saturated carbocycles. The van der Waals surface area contributed by atoms with Gasteiger partial charge < -0.3 is 15.1 Å². The SMILES string of the molecule is O=C(c1ccc(C(F)(F)F)cc1)N1CCC(C(=O)N2CCC(Nc3ccccc3Cl)CC2)CC1. The summed E-state index contributed by atoms with van der Waals surface area (Å²) in [4.78, 5) is 29.2. The molecule has 0 radical (unpaired) electrons. The predicted octanol–water partition coefficient (Wildman–Crippen LogP) is 5.31. The van der Waals surface area contributed by atoms with E-state index in [1.807, 2.05) is 29.2 Å². The first-order valence-electron chi connectivity index (χ1n) is 11.5. The Kier molecular flexibility index (Phi) is 7.36. The number of piperidine rings is 2. The number of hydrogen-bond donors (Lipinski definition) is 1. The molecule has 2 aliphatic rings. The van der Waals surface area contributed by atoms with Gasteiger partial charge in [-0.05, 0) is 62.1 Å². The topological polar surface area (TPSA) is 52.7 Å². The molecule has 2 saturated heterocycles. The van der Waals surface area contributed by atoms with Crippen LogP contribution in [-0.4, -0.2) is 53.8 Å². The summed E-state index contributed by atoms with van der Waals surface area (Å²) in [6.07, 6.45) is -1.64. The number of benzene rings is 2. The number of anilines is 1.